The molecule has 218 valence electrons. The summed E-state index contributed by atoms with van der Waals surface area (Å²) in [7, 11) is 0. The lowest BCUT2D eigenvalue weighted by molar-refractivity contribution is -0.134. The summed E-state index contributed by atoms with van der Waals surface area (Å²) in [5, 5.41) is 30.8. The molecule has 0 spiro atoms. The van der Waals surface area contributed by atoms with Crippen LogP contribution in [0.1, 0.15) is 72.1 Å². The summed E-state index contributed by atoms with van der Waals surface area (Å²) < 4.78 is 0. The number of carbonyl (C=O) groups excluding carboxylic acids is 4. The fourth-order valence-corrected chi connectivity index (χ4v) is 3.77. The van der Waals surface area contributed by atoms with E-state index in [1.807, 2.05) is 6.08 Å². The van der Waals surface area contributed by atoms with Gasteiger partial charge in [0.1, 0.15) is 12.1 Å². The molecule has 0 aromatic carbocycles. The highest BCUT2D eigenvalue weighted by molar-refractivity contribution is 5.95. The molecule has 10 heteroatoms. The average molecular weight is 547 g/mol. The van der Waals surface area contributed by atoms with Gasteiger partial charge in [0.2, 0.25) is 23.6 Å². The third-order valence-corrected chi connectivity index (χ3v) is 6.02. The maximum absolute atomic E-state index is 12.9. The van der Waals surface area contributed by atoms with Gasteiger partial charge in [0, 0.05) is 31.2 Å². The Morgan fingerprint density at radius 1 is 1.13 bits per heavy atom. The van der Waals surface area contributed by atoms with Gasteiger partial charge in [0.05, 0.1) is 12.2 Å². The lowest BCUT2D eigenvalue weighted by Gasteiger charge is -2.26. The summed E-state index contributed by atoms with van der Waals surface area (Å²) in [5.74, 6) is -2.23. The topological polar surface area (TPSA) is 157 Å². The Labute approximate surface area is 232 Å². The number of nitrogens with one attached hydrogen (secondary N) is 4. The van der Waals surface area contributed by atoms with E-state index in [2.05, 4.69) is 40.3 Å². The van der Waals surface area contributed by atoms with E-state index >= 15 is 0 Å². The number of hydrogen-bond donors (Lipinski definition) is 6. The molecule has 0 saturated carbocycles. The Hall–Kier alpha value is -3.24. The van der Waals surface area contributed by atoms with Crippen LogP contribution in [-0.2, 0) is 19.2 Å². The van der Waals surface area contributed by atoms with E-state index in [4.69, 9.17) is 0 Å². The van der Waals surface area contributed by atoms with Crippen LogP contribution in [0.5, 0.6) is 0 Å². The van der Waals surface area contributed by atoms with Crippen LogP contribution in [-0.4, -0.2) is 70.7 Å². The zero-order valence-electron chi connectivity index (χ0n) is 23.4. The molecular weight excluding hydrogens is 500 g/mol. The molecule has 0 aliphatic carbocycles. The second kappa shape index (κ2) is 19.8. The van der Waals surface area contributed by atoms with Crippen molar-refractivity contribution in [3.8, 4) is 0 Å². The molecule has 0 aromatic rings. The second-order valence-electron chi connectivity index (χ2n) is 9.75. The molecule has 0 radical (unpaired) electrons. The van der Waals surface area contributed by atoms with Crippen LogP contribution in [0, 0.1) is 0 Å². The Bertz CT molecular complexity index is 896. The molecule has 1 rings (SSSR count). The monoisotopic (exact) mass is 546 g/mol. The van der Waals surface area contributed by atoms with Crippen molar-refractivity contribution in [2.45, 2.75) is 102 Å². The first kappa shape index (κ1) is 33.8. The highest BCUT2D eigenvalue weighted by atomic mass is 16.3. The molecule has 0 bridgehead atoms. The third-order valence-electron chi connectivity index (χ3n) is 6.02. The molecule has 0 fully saturated rings. The van der Waals surface area contributed by atoms with Crippen molar-refractivity contribution in [2.24, 2.45) is 0 Å². The number of carbonyl (C=O) groups is 4. The minimum atomic E-state index is -1.31. The first-order chi connectivity index (χ1) is 18.6. The van der Waals surface area contributed by atoms with Crippen LogP contribution in [0.4, 0.5) is 0 Å². The minimum absolute atomic E-state index is 0.108. The van der Waals surface area contributed by atoms with E-state index in [0.29, 0.717) is 0 Å². The van der Waals surface area contributed by atoms with Gasteiger partial charge in [-0.1, -0.05) is 56.2 Å². The van der Waals surface area contributed by atoms with Gasteiger partial charge in [-0.05, 0) is 46.0 Å². The quantitative estimate of drug-likeness (QED) is 0.0893. The number of rotatable bonds is 13. The van der Waals surface area contributed by atoms with Crippen LogP contribution in [0.2, 0.25) is 0 Å². The summed E-state index contributed by atoms with van der Waals surface area (Å²) >= 11 is 0. The predicted molar refractivity (Wildman–Crippen MR) is 151 cm³/mol. The molecule has 6 N–H and O–H groups in total. The van der Waals surface area contributed by atoms with E-state index in [1.54, 1.807) is 19.1 Å². The summed E-state index contributed by atoms with van der Waals surface area (Å²) in [6.45, 7) is 5.40. The van der Waals surface area contributed by atoms with Crippen molar-refractivity contribution < 1.29 is 29.4 Å². The zero-order valence-corrected chi connectivity index (χ0v) is 23.4. The average Bonchev–Trinajstić information content (AvgIpc) is 2.88. The number of aliphatic hydroxyl groups excluding tert-OH is 2. The van der Waals surface area contributed by atoms with Crippen molar-refractivity contribution in [2.75, 3.05) is 6.54 Å². The number of amides is 4. The van der Waals surface area contributed by atoms with Crippen LogP contribution in [0.3, 0.4) is 0 Å². The number of aliphatic hydroxyl groups is 2. The maximum atomic E-state index is 12.9. The van der Waals surface area contributed by atoms with E-state index in [-0.39, 0.29) is 25.3 Å². The Balaban J connectivity index is 2.68. The third kappa shape index (κ3) is 15.7. The van der Waals surface area contributed by atoms with Crippen molar-refractivity contribution in [1.29, 1.82) is 0 Å². The standard InChI is InChI=1S/C29H46N4O6/c1-4-5-6-7-8-9-10-11-12-13-14-15-26(37)33-27(22(3)34)29(39)32-24-20-23(35)18-19-30-25(36)17-16-21(2)31-28(24)38/h8-9,12-17,21-24,27,34-35H,4-7,10-11,18-20H2,1-3H3,(H,30,36)(H,31,38)(H,32,39)(H,33,37)/b9-8+,13-12+,15-14+,17-16?/t21-,22+,23-,24-,27-/m0/s1. The van der Waals surface area contributed by atoms with Crippen LogP contribution in [0.15, 0.2) is 48.6 Å². The summed E-state index contributed by atoms with van der Waals surface area (Å²) in [4.78, 5) is 49.8. The molecular formula is C29H46N4O6. The highest BCUT2D eigenvalue weighted by Gasteiger charge is 2.31. The van der Waals surface area contributed by atoms with Crippen LogP contribution >= 0.6 is 0 Å². The van der Waals surface area contributed by atoms with E-state index < -0.39 is 48.1 Å². The van der Waals surface area contributed by atoms with Gasteiger partial charge >= 0.3 is 0 Å². The second-order valence-corrected chi connectivity index (χ2v) is 9.75. The van der Waals surface area contributed by atoms with Crippen molar-refractivity contribution in [3.05, 3.63) is 48.6 Å². The van der Waals surface area contributed by atoms with E-state index in [9.17, 15) is 29.4 Å². The molecule has 0 aromatic heterocycles. The Kier molecular flexibility index (Phi) is 17.1. The summed E-state index contributed by atoms with van der Waals surface area (Å²) in [5.41, 5.74) is 0. The lowest BCUT2D eigenvalue weighted by atomic mass is 10.0. The van der Waals surface area contributed by atoms with Gasteiger partial charge in [-0.3, -0.25) is 19.2 Å². The van der Waals surface area contributed by atoms with Gasteiger partial charge in [-0.25, -0.2) is 0 Å². The minimum Gasteiger partial charge on any atom is -0.393 e. The van der Waals surface area contributed by atoms with Gasteiger partial charge in [0.15, 0.2) is 0 Å². The van der Waals surface area contributed by atoms with Crippen LogP contribution < -0.4 is 21.3 Å². The van der Waals surface area contributed by atoms with Gasteiger partial charge in [-0.2, -0.15) is 0 Å². The van der Waals surface area contributed by atoms with Gasteiger partial charge in [0.25, 0.3) is 0 Å². The Morgan fingerprint density at radius 3 is 2.56 bits per heavy atom. The first-order valence-corrected chi connectivity index (χ1v) is 13.9. The molecule has 1 aliphatic rings. The van der Waals surface area contributed by atoms with E-state index in [0.717, 1.165) is 19.3 Å². The van der Waals surface area contributed by atoms with Crippen molar-refractivity contribution in [3.63, 3.8) is 0 Å². The van der Waals surface area contributed by atoms with Gasteiger partial charge < -0.3 is 31.5 Å². The predicted octanol–water partition coefficient (Wildman–Crippen LogP) is 1.70. The molecule has 1 aliphatic heterocycles. The number of unbranched alkanes of at least 4 members (excludes halogenated alkanes) is 4. The molecule has 0 saturated heterocycles. The SMILES string of the molecule is CCCCC/C=C/CC/C=C/C=C/C(=O)N[C@H](C(=O)N[C@H]1C[C@@H](O)CCNC(=O)C=C[C@H](C)NC1=O)[C@@H](C)O. The first-order valence-electron chi connectivity index (χ1n) is 13.9. The van der Waals surface area contributed by atoms with Gasteiger partial charge in [-0.15, -0.1) is 0 Å². The molecule has 1 heterocycles. The van der Waals surface area contributed by atoms with Crippen molar-refractivity contribution in [1.82, 2.24) is 21.3 Å². The molecule has 4 amide bonds. The summed E-state index contributed by atoms with van der Waals surface area (Å²) in [6.07, 6.45) is 18.0. The molecule has 0 unspecified atom stereocenters. The maximum Gasteiger partial charge on any atom is 0.245 e. The highest BCUT2D eigenvalue weighted by Crippen LogP contribution is 2.07. The fourth-order valence-electron chi connectivity index (χ4n) is 3.77. The molecule has 10 nitrogen and oxygen atoms in total. The smallest absolute Gasteiger partial charge is 0.245 e. The molecule has 5 atom stereocenters. The lowest BCUT2D eigenvalue weighted by Crippen LogP contribution is -2.58. The largest absolute Gasteiger partial charge is 0.393 e. The fraction of sp³-hybridized carbons (Fsp3) is 0.586. The normalized spacial score (nSPS) is 22.6. The van der Waals surface area contributed by atoms with E-state index in [1.165, 1.54) is 44.4 Å². The number of allylic oxidation sites excluding steroid dienone is 5. The van der Waals surface area contributed by atoms with Crippen molar-refractivity contribution >= 4 is 23.6 Å². The summed E-state index contributed by atoms with van der Waals surface area (Å²) in [6, 6.07) is -2.94. The zero-order chi connectivity index (χ0) is 29.0. The van der Waals surface area contributed by atoms with Crippen LogP contribution in [0.25, 0.3) is 0 Å². The Morgan fingerprint density at radius 2 is 1.85 bits per heavy atom. The molecule has 39 heavy (non-hydrogen) atoms. The number of hydrogen-bond acceptors (Lipinski definition) is 6.